The van der Waals surface area contributed by atoms with Crippen molar-refractivity contribution < 1.29 is 18.7 Å². The number of benzene rings is 1. The molecule has 0 amide bonds. The monoisotopic (exact) mass is 326 g/mol. The van der Waals surface area contributed by atoms with Crippen LogP contribution in [0.4, 0.5) is 5.69 Å². The molecule has 0 aliphatic heterocycles. The third kappa shape index (κ3) is 3.17. The maximum atomic E-state index is 12.3. The van der Waals surface area contributed by atoms with Gasteiger partial charge in [0.25, 0.3) is 0 Å². The molecular weight excluding hydrogens is 308 g/mol. The van der Waals surface area contributed by atoms with E-state index >= 15 is 0 Å². The van der Waals surface area contributed by atoms with Crippen LogP contribution in [0.5, 0.6) is 5.75 Å². The van der Waals surface area contributed by atoms with Crippen molar-refractivity contribution in [2.24, 2.45) is 0 Å². The first kappa shape index (κ1) is 15.9. The van der Waals surface area contributed by atoms with Crippen LogP contribution in [0.2, 0.25) is 0 Å². The molecule has 2 heterocycles. The van der Waals surface area contributed by atoms with E-state index in [0.717, 1.165) is 16.7 Å². The molecule has 24 heavy (non-hydrogen) atoms. The molecule has 0 fully saturated rings. The van der Waals surface area contributed by atoms with Crippen LogP contribution >= 0.6 is 0 Å². The van der Waals surface area contributed by atoms with Gasteiger partial charge in [0.05, 0.1) is 37.7 Å². The number of nitrogens with zero attached hydrogens (tertiary/aromatic N) is 1. The molecular formula is C18H18N2O4. The highest BCUT2D eigenvalue weighted by atomic mass is 16.5. The third-order valence-electron chi connectivity index (χ3n) is 3.59. The molecule has 0 saturated carbocycles. The topological polar surface area (TPSA) is 73.6 Å². The molecule has 0 saturated heterocycles. The van der Waals surface area contributed by atoms with Gasteiger partial charge in [0, 0.05) is 11.6 Å². The summed E-state index contributed by atoms with van der Waals surface area (Å²) in [6.45, 7) is 2.51. The minimum atomic E-state index is -0.420. The smallest absolute Gasteiger partial charge is 0.341 e. The number of hydrogen-bond acceptors (Lipinski definition) is 6. The first-order chi connectivity index (χ1) is 11.7. The maximum absolute atomic E-state index is 12.3. The van der Waals surface area contributed by atoms with Crippen LogP contribution in [-0.4, -0.2) is 24.7 Å². The van der Waals surface area contributed by atoms with Gasteiger partial charge in [0.15, 0.2) is 0 Å². The fourth-order valence-corrected chi connectivity index (χ4v) is 2.44. The highest BCUT2D eigenvalue weighted by Gasteiger charge is 2.17. The largest absolute Gasteiger partial charge is 0.497 e. The summed E-state index contributed by atoms with van der Waals surface area (Å²) in [6.07, 6.45) is 3.13. The summed E-state index contributed by atoms with van der Waals surface area (Å²) < 4.78 is 15.8. The molecule has 0 unspecified atom stereocenters. The molecule has 0 aliphatic carbocycles. The highest BCUT2D eigenvalue weighted by Crippen LogP contribution is 2.30. The standard InChI is InChI=1S/C18H18N2O4/c1-3-23-18(21)15-11-19-16-7-6-12(22-2)9-14(16)17(15)20-10-13-5-4-8-24-13/h4-9,11H,3,10H2,1-2H3,(H,19,20). The Hall–Kier alpha value is -3.02. The molecule has 3 rings (SSSR count). The van der Waals surface area contributed by atoms with Crippen LogP contribution in [0.15, 0.2) is 47.2 Å². The lowest BCUT2D eigenvalue weighted by Crippen LogP contribution is -2.11. The summed E-state index contributed by atoms with van der Waals surface area (Å²) >= 11 is 0. The number of methoxy groups -OCH3 is 1. The van der Waals surface area contributed by atoms with Gasteiger partial charge in [-0.15, -0.1) is 0 Å². The minimum Gasteiger partial charge on any atom is -0.497 e. The molecule has 0 radical (unpaired) electrons. The lowest BCUT2D eigenvalue weighted by atomic mass is 10.1. The third-order valence-corrected chi connectivity index (χ3v) is 3.59. The van der Waals surface area contributed by atoms with Crippen molar-refractivity contribution in [1.29, 1.82) is 0 Å². The number of pyridine rings is 1. The Balaban J connectivity index is 2.07. The second kappa shape index (κ2) is 7.04. The lowest BCUT2D eigenvalue weighted by molar-refractivity contribution is 0.0527. The number of esters is 1. The highest BCUT2D eigenvalue weighted by molar-refractivity contribution is 6.05. The summed E-state index contributed by atoms with van der Waals surface area (Å²) in [5.41, 5.74) is 1.78. The summed E-state index contributed by atoms with van der Waals surface area (Å²) in [5.74, 6) is 1.03. The van der Waals surface area contributed by atoms with Gasteiger partial charge in [-0.25, -0.2) is 4.79 Å². The van der Waals surface area contributed by atoms with Crippen LogP contribution in [0.25, 0.3) is 10.9 Å². The number of ether oxygens (including phenoxy) is 2. The van der Waals surface area contributed by atoms with Gasteiger partial charge in [-0.3, -0.25) is 4.98 Å². The second-order valence-corrected chi connectivity index (χ2v) is 5.08. The number of furan rings is 1. The van der Waals surface area contributed by atoms with Crippen LogP contribution in [0, 0.1) is 0 Å². The molecule has 6 heteroatoms. The van der Waals surface area contributed by atoms with E-state index in [0.29, 0.717) is 30.2 Å². The molecule has 0 bridgehead atoms. The van der Waals surface area contributed by atoms with Crippen LogP contribution in [0.1, 0.15) is 23.0 Å². The predicted octanol–water partition coefficient (Wildman–Crippen LogP) is 3.63. The molecule has 3 aromatic rings. The van der Waals surface area contributed by atoms with E-state index in [4.69, 9.17) is 13.9 Å². The number of carbonyl (C=O) groups is 1. The van der Waals surface area contributed by atoms with E-state index in [9.17, 15) is 4.79 Å². The van der Waals surface area contributed by atoms with Crippen molar-refractivity contribution in [1.82, 2.24) is 4.98 Å². The lowest BCUT2D eigenvalue weighted by Gasteiger charge is -2.14. The van der Waals surface area contributed by atoms with Crippen LogP contribution < -0.4 is 10.1 Å². The van der Waals surface area contributed by atoms with E-state index in [1.165, 1.54) is 6.20 Å². The van der Waals surface area contributed by atoms with E-state index in [-0.39, 0.29) is 0 Å². The molecule has 1 N–H and O–H groups in total. The van der Waals surface area contributed by atoms with Gasteiger partial charge in [0.1, 0.15) is 17.1 Å². The maximum Gasteiger partial charge on any atom is 0.341 e. The van der Waals surface area contributed by atoms with Gasteiger partial charge in [-0.05, 0) is 37.3 Å². The van der Waals surface area contributed by atoms with Crippen LogP contribution in [0.3, 0.4) is 0 Å². The summed E-state index contributed by atoms with van der Waals surface area (Å²) in [7, 11) is 1.60. The normalized spacial score (nSPS) is 10.6. The van der Waals surface area contributed by atoms with E-state index in [1.807, 2.05) is 30.3 Å². The number of hydrogen-bond donors (Lipinski definition) is 1. The number of carbonyl (C=O) groups excluding carboxylic acids is 1. The van der Waals surface area contributed by atoms with Crippen molar-refractivity contribution in [3.63, 3.8) is 0 Å². The molecule has 0 spiro atoms. The average molecular weight is 326 g/mol. The van der Waals surface area contributed by atoms with Gasteiger partial charge >= 0.3 is 5.97 Å². The quantitative estimate of drug-likeness (QED) is 0.697. The van der Waals surface area contributed by atoms with Crippen molar-refractivity contribution in [3.05, 3.63) is 54.1 Å². The van der Waals surface area contributed by atoms with Crippen molar-refractivity contribution in [2.75, 3.05) is 19.0 Å². The van der Waals surface area contributed by atoms with E-state index in [1.54, 1.807) is 20.3 Å². The predicted molar refractivity (Wildman–Crippen MR) is 90.3 cm³/mol. The van der Waals surface area contributed by atoms with Gasteiger partial charge in [0.2, 0.25) is 0 Å². The van der Waals surface area contributed by atoms with Crippen molar-refractivity contribution >= 4 is 22.6 Å². The van der Waals surface area contributed by atoms with Crippen molar-refractivity contribution in [3.8, 4) is 5.75 Å². The van der Waals surface area contributed by atoms with E-state index in [2.05, 4.69) is 10.3 Å². The Morgan fingerprint density at radius 1 is 1.33 bits per heavy atom. The SMILES string of the molecule is CCOC(=O)c1cnc2ccc(OC)cc2c1NCc1ccco1. The molecule has 2 aromatic heterocycles. The zero-order valence-corrected chi connectivity index (χ0v) is 13.5. The number of rotatable bonds is 6. The summed E-state index contributed by atoms with van der Waals surface area (Å²) in [4.78, 5) is 16.6. The van der Waals surface area contributed by atoms with Crippen molar-refractivity contribution in [2.45, 2.75) is 13.5 Å². The Kier molecular flexibility index (Phi) is 4.65. The Morgan fingerprint density at radius 3 is 2.92 bits per heavy atom. The first-order valence-corrected chi connectivity index (χ1v) is 7.63. The first-order valence-electron chi connectivity index (χ1n) is 7.63. The number of anilines is 1. The minimum absolute atomic E-state index is 0.298. The fourth-order valence-electron chi connectivity index (χ4n) is 2.44. The Labute approximate surface area is 139 Å². The Bertz CT molecular complexity index is 844. The molecule has 1 aromatic carbocycles. The summed E-state index contributed by atoms with van der Waals surface area (Å²) in [5, 5.41) is 4.04. The molecule has 6 nitrogen and oxygen atoms in total. The molecule has 0 atom stereocenters. The number of nitrogens with one attached hydrogen (secondary N) is 1. The van der Waals surface area contributed by atoms with E-state index < -0.39 is 5.97 Å². The van der Waals surface area contributed by atoms with Crippen LogP contribution in [-0.2, 0) is 11.3 Å². The number of fused-ring (bicyclic) bond motifs is 1. The van der Waals surface area contributed by atoms with Gasteiger partial charge in [-0.2, -0.15) is 0 Å². The van der Waals surface area contributed by atoms with Gasteiger partial charge < -0.3 is 19.2 Å². The molecule has 124 valence electrons. The fraction of sp³-hybridized carbons (Fsp3) is 0.222. The zero-order chi connectivity index (χ0) is 16.9. The Morgan fingerprint density at radius 2 is 2.21 bits per heavy atom. The molecule has 0 aliphatic rings. The summed E-state index contributed by atoms with van der Waals surface area (Å²) in [6, 6.07) is 9.20. The number of aromatic nitrogens is 1. The van der Waals surface area contributed by atoms with Gasteiger partial charge in [-0.1, -0.05) is 0 Å². The zero-order valence-electron chi connectivity index (χ0n) is 13.5. The average Bonchev–Trinajstić information content (AvgIpc) is 3.12. The second-order valence-electron chi connectivity index (χ2n) is 5.08.